The van der Waals surface area contributed by atoms with E-state index in [0.717, 1.165) is 11.1 Å². The summed E-state index contributed by atoms with van der Waals surface area (Å²) in [5.74, 6) is -0.443. The summed E-state index contributed by atoms with van der Waals surface area (Å²) >= 11 is 0. The standard InChI is InChI=1S/C21H20N2O2/c1-12(2)15-8-6-9-16(13(3)4)19(15)23-20(24)17-10-5-7-14(11-22)18(17)21(23)25/h5-10,12-13H,1-4H3. The molecule has 0 saturated carbocycles. The number of hydrogen-bond acceptors (Lipinski definition) is 3. The van der Waals surface area contributed by atoms with Crippen LogP contribution in [0.2, 0.25) is 0 Å². The van der Waals surface area contributed by atoms with Crippen LogP contribution in [0.15, 0.2) is 36.4 Å². The van der Waals surface area contributed by atoms with Gasteiger partial charge in [0.05, 0.1) is 28.4 Å². The van der Waals surface area contributed by atoms with Gasteiger partial charge in [0, 0.05) is 0 Å². The SMILES string of the molecule is CC(C)c1cccc(C(C)C)c1N1C(=O)c2cccc(C#N)c2C1=O. The summed E-state index contributed by atoms with van der Waals surface area (Å²) in [5, 5.41) is 9.32. The molecule has 4 nitrogen and oxygen atoms in total. The molecular formula is C21H20N2O2. The van der Waals surface area contributed by atoms with Crippen LogP contribution in [0.4, 0.5) is 5.69 Å². The van der Waals surface area contributed by atoms with E-state index in [1.54, 1.807) is 18.2 Å². The summed E-state index contributed by atoms with van der Waals surface area (Å²) in [6, 6.07) is 12.7. The molecule has 1 aliphatic rings. The van der Waals surface area contributed by atoms with Gasteiger partial charge < -0.3 is 0 Å². The molecule has 0 radical (unpaired) electrons. The quantitative estimate of drug-likeness (QED) is 0.771. The maximum absolute atomic E-state index is 13.1. The fourth-order valence-corrected chi connectivity index (χ4v) is 3.35. The van der Waals surface area contributed by atoms with Crippen LogP contribution in [0, 0.1) is 11.3 Å². The molecule has 0 fully saturated rings. The fraction of sp³-hybridized carbons (Fsp3) is 0.286. The number of nitriles is 1. The van der Waals surface area contributed by atoms with E-state index < -0.39 is 5.91 Å². The summed E-state index contributed by atoms with van der Waals surface area (Å²) < 4.78 is 0. The van der Waals surface area contributed by atoms with Crippen molar-refractivity contribution < 1.29 is 9.59 Å². The summed E-state index contributed by atoms with van der Waals surface area (Å²) in [4.78, 5) is 27.4. The Bertz CT molecular complexity index is 894. The minimum Gasteiger partial charge on any atom is -0.268 e. The Balaban J connectivity index is 2.28. The molecule has 2 aromatic carbocycles. The van der Waals surface area contributed by atoms with Crippen molar-refractivity contribution in [1.82, 2.24) is 0 Å². The number of hydrogen-bond donors (Lipinski definition) is 0. The van der Waals surface area contributed by atoms with Gasteiger partial charge in [-0.3, -0.25) is 9.59 Å². The van der Waals surface area contributed by atoms with Crippen LogP contribution in [0.1, 0.15) is 76.9 Å². The minimum absolute atomic E-state index is 0.161. The first kappa shape index (κ1) is 16.9. The van der Waals surface area contributed by atoms with Crippen LogP contribution in [0.5, 0.6) is 0 Å². The zero-order chi connectivity index (χ0) is 18.3. The number of fused-ring (bicyclic) bond motifs is 1. The van der Waals surface area contributed by atoms with Gasteiger partial charge in [0.25, 0.3) is 11.8 Å². The van der Waals surface area contributed by atoms with Gasteiger partial charge in [0.15, 0.2) is 0 Å². The molecule has 0 N–H and O–H groups in total. The van der Waals surface area contributed by atoms with Crippen molar-refractivity contribution in [3.63, 3.8) is 0 Å². The van der Waals surface area contributed by atoms with Gasteiger partial charge in [-0.15, -0.1) is 0 Å². The molecule has 0 saturated heterocycles. The Morgan fingerprint density at radius 3 is 1.96 bits per heavy atom. The van der Waals surface area contributed by atoms with E-state index >= 15 is 0 Å². The Morgan fingerprint density at radius 2 is 1.44 bits per heavy atom. The highest BCUT2D eigenvalue weighted by molar-refractivity contribution is 6.35. The van der Waals surface area contributed by atoms with E-state index in [-0.39, 0.29) is 28.9 Å². The first-order valence-electron chi connectivity index (χ1n) is 8.43. The molecule has 126 valence electrons. The van der Waals surface area contributed by atoms with E-state index in [2.05, 4.69) is 0 Å². The van der Waals surface area contributed by atoms with E-state index in [1.165, 1.54) is 4.90 Å². The number of nitrogens with zero attached hydrogens (tertiary/aromatic N) is 2. The number of rotatable bonds is 3. The number of amides is 2. The number of benzene rings is 2. The van der Waals surface area contributed by atoms with Gasteiger partial charge >= 0.3 is 0 Å². The Labute approximate surface area is 147 Å². The molecule has 0 atom stereocenters. The molecule has 3 rings (SSSR count). The molecule has 2 aromatic rings. The van der Waals surface area contributed by atoms with Crippen LogP contribution >= 0.6 is 0 Å². The predicted octanol–water partition coefficient (Wildman–Crippen LogP) is 4.61. The van der Waals surface area contributed by atoms with Crippen molar-refractivity contribution >= 4 is 17.5 Å². The summed E-state index contributed by atoms with van der Waals surface area (Å²) in [7, 11) is 0. The summed E-state index contributed by atoms with van der Waals surface area (Å²) in [6.45, 7) is 8.17. The van der Waals surface area contributed by atoms with Crippen LogP contribution in [-0.2, 0) is 0 Å². The lowest BCUT2D eigenvalue weighted by Crippen LogP contribution is -2.32. The minimum atomic E-state index is -0.410. The van der Waals surface area contributed by atoms with Crippen molar-refractivity contribution in [2.45, 2.75) is 39.5 Å². The monoisotopic (exact) mass is 332 g/mol. The van der Waals surface area contributed by atoms with Gasteiger partial charge in [0.1, 0.15) is 0 Å². The highest BCUT2D eigenvalue weighted by atomic mass is 16.2. The van der Waals surface area contributed by atoms with Crippen LogP contribution in [-0.4, -0.2) is 11.8 Å². The first-order valence-corrected chi connectivity index (χ1v) is 8.43. The predicted molar refractivity (Wildman–Crippen MR) is 96.9 cm³/mol. The second kappa shape index (κ2) is 6.18. The Hall–Kier alpha value is -2.93. The Morgan fingerprint density at radius 1 is 0.880 bits per heavy atom. The van der Waals surface area contributed by atoms with Crippen molar-refractivity contribution in [3.05, 3.63) is 64.2 Å². The number of carbonyl (C=O) groups excluding carboxylic acids is 2. The molecule has 1 heterocycles. The van der Waals surface area contributed by atoms with E-state index in [4.69, 9.17) is 0 Å². The van der Waals surface area contributed by atoms with Crippen molar-refractivity contribution in [3.8, 4) is 6.07 Å². The molecular weight excluding hydrogens is 312 g/mol. The second-order valence-electron chi connectivity index (χ2n) is 6.88. The second-order valence-corrected chi connectivity index (χ2v) is 6.88. The van der Waals surface area contributed by atoms with E-state index in [0.29, 0.717) is 11.3 Å². The number of carbonyl (C=O) groups is 2. The maximum Gasteiger partial charge on any atom is 0.267 e. The van der Waals surface area contributed by atoms with Crippen molar-refractivity contribution in [2.75, 3.05) is 4.90 Å². The topological polar surface area (TPSA) is 61.2 Å². The number of para-hydroxylation sites is 1. The maximum atomic E-state index is 13.1. The number of imide groups is 1. The highest BCUT2D eigenvalue weighted by Gasteiger charge is 2.40. The lowest BCUT2D eigenvalue weighted by Gasteiger charge is -2.25. The highest BCUT2D eigenvalue weighted by Crippen LogP contribution is 2.39. The van der Waals surface area contributed by atoms with E-state index in [1.807, 2.05) is 52.0 Å². The third-order valence-corrected chi connectivity index (χ3v) is 4.60. The largest absolute Gasteiger partial charge is 0.268 e. The molecule has 0 aromatic heterocycles. The van der Waals surface area contributed by atoms with Crippen LogP contribution in [0.25, 0.3) is 0 Å². The van der Waals surface area contributed by atoms with Gasteiger partial charge in [-0.25, -0.2) is 4.90 Å². The van der Waals surface area contributed by atoms with Crippen molar-refractivity contribution in [1.29, 1.82) is 5.26 Å². The molecule has 0 spiro atoms. The van der Waals surface area contributed by atoms with Gasteiger partial charge in [-0.05, 0) is 35.1 Å². The summed E-state index contributed by atoms with van der Waals surface area (Å²) in [5.41, 5.74) is 3.34. The van der Waals surface area contributed by atoms with Gasteiger partial charge in [-0.1, -0.05) is 52.0 Å². The van der Waals surface area contributed by atoms with Gasteiger partial charge in [-0.2, -0.15) is 5.26 Å². The first-order chi connectivity index (χ1) is 11.9. The molecule has 0 bridgehead atoms. The molecule has 25 heavy (non-hydrogen) atoms. The lowest BCUT2D eigenvalue weighted by atomic mass is 9.92. The lowest BCUT2D eigenvalue weighted by molar-refractivity contribution is 0.0925. The van der Waals surface area contributed by atoms with E-state index in [9.17, 15) is 14.9 Å². The Kier molecular flexibility index (Phi) is 4.18. The average molecular weight is 332 g/mol. The normalized spacial score (nSPS) is 13.6. The zero-order valence-electron chi connectivity index (χ0n) is 14.8. The molecule has 2 amide bonds. The number of anilines is 1. The summed E-state index contributed by atoms with van der Waals surface area (Å²) in [6.07, 6.45) is 0. The van der Waals surface area contributed by atoms with Gasteiger partial charge in [0.2, 0.25) is 0 Å². The molecule has 4 heteroatoms. The van der Waals surface area contributed by atoms with Crippen molar-refractivity contribution in [2.24, 2.45) is 0 Å². The smallest absolute Gasteiger partial charge is 0.267 e. The zero-order valence-corrected chi connectivity index (χ0v) is 14.8. The molecule has 0 unspecified atom stereocenters. The average Bonchev–Trinajstić information content (AvgIpc) is 2.85. The molecule has 1 aliphatic heterocycles. The van der Waals surface area contributed by atoms with Crippen LogP contribution in [0.3, 0.4) is 0 Å². The van der Waals surface area contributed by atoms with Crippen LogP contribution < -0.4 is 4.90 Å². The molecule has 0 aliphatic carbocycles. The fourth-order valence-electron chi connectivity index (χ4n) is 3.35. The third kappa shape index (κ3) is 2.53. The third-order valence-electron chi connectivity index (χ3n) is 4.60.